The lowest BCUT2D eigenvalue weighted by molar-refractivity contribution is -0.118. The Hall–Kier alpha value is -3.43. The molecule has 0 aliphatic heterocycles. The summed E-state index contributed by atoms with van der Waals surface area (Å²) in [6, 6.07) is 21.8. The van der Waals surface area contributed by atoms with Crippen LogP contribution in [0.25, 0.3) is 16.6 Å². The highest BCUT2D eigenvalue weighted by Crippen LogP contribution is 2.22. The van der Waals surface area contributed by atoms with Crippen LogP contribution in [-0.4, -0.2) is 34.5 Å². The molecule has 1 aromatic heterocycles. The van der Waals surface area contributed by atoms with Gasteiger partial charge in [-0.1, -0.05) is 52.0 Å². The number of rotatable bonds is 7. The van der Waals surface area contributed by atoms with Crippen LogP contribution in [0.1, 0.15) is 5.56 Å². The third-order valence-corrected chi connectivity index (χ3v) is 6.13. The van der Waals surface area contributed by atoms with Crippen LogP contribution in [0.2, 0.25) is 0 Å². The van der Waals surface area contributed by atoms with Gasteiger partial charge < -0.3 is 4.74 Å². The molecule has 1 N–H and O–H groups in total. The first kappa shape index (κ1) is 22.8. The van der Waals surface area contributed by atoms with Crippen LogP contribution in [0, 0.1) is 0 Å². The molecule has 0 saturated carbocycles. The van der Waals surface area contributed by atoms with Crippen LogP contribution in [-0.2, 0) is 4.79 Å². The predicted octanol–water partition coefficient (Wildman–Crippen LogP) is 4.40. The third-order valence-electron chi connectivity index (χ3n) is 4.66. The van der Waals surface area contributed by atoms with Gasteiger partial charge in [-0.3, -0.25) is 14.2 Å². The number of para-hydroxylation sites is 1. The van der Waals surface area contributed by atoms with E-state index in [1.54, 1.807) is 31.4 Å². The summed E-state index contributed by atoms with van der Waals surface area (Å²) in [7, 11) is 1.59. The summed E-state index contributed by atoms with van der Waals surface area (Å²) in [5.41, 5.74) is 4.35. The average molecular weight is 523 g/mol. The van der Waals surface area contributed by atoms with Crippen LogP contribution < -0.4 is 15.7 Å². The molecule has 4 rings (SSSR count). The van der Waals surface area contributed by atoms with Gasteiger partial charge in [0.1, 0.15) is 5.75 Å². The lowest BCUT2D eigenvalue weighted by Crippen LogP contribution is -2.24. The summed E-state index contributed by atoms with van der Waals surface area (Å²) in [6.07, 6.45) is 1.54. The molecular weight excluding hydrogens is 504 g/mol. The van der Waals surface area contributed by atoms with Gasteiger partial charge in [-0.25, -0.2) is 10.4 Å². The second-order valence-corrected chi connectivity index (χ2v) is 8.75. The topological polar surface area (TPSA) is 85.6 Å². The van der Waals surface area contributed by atoms with Crippen molar-refractivity contribution in [1.82, 2.24) is 15.0 Å². The standard InChI is InChI=1S/C24H19BrN4O3S/c1-32-19-6-4-5-16(13-19)14-26-28-22(30)15-33-24-27-21-8-3-2-7-20(21)23(31)29(24)18-11-9-17(25)10-12-18/h2-14H,15H2,1H3,(H,28,30). The number of fused-ring (bicyclic) bond motifs is 1. The Labute approximate surface area is 202 Å². The van der Waals surface area contributed by atoms with E-state index in [0.717, 1.165) is 10.0 Å². The molecule has 9 heteroatoms. The number of carbonyl (C=O) groups excluding carboxylic acids is 1. The number of ether oxygens (including phenoxy) is 1. The molecule has 7 nitrogen and oxygen atoms in total. The van der Waals surface area contributed by atoms with E-state index >= 15 is 0 Å². The molecule has 0 aliphatic rings. The minimum Gasteiger partial charge on any atom is -0.497 e. The van der Waals surface area contributed by atoms with Crippen molar-refractivity contribution in [3.8, 4) is 11.4 Å². The number of amides is 1. The van der Waals surface area contributed by atoms with Crippen LogP contribution in [0.5, 0.6) is 5.75 Å². The van der Waals surface area contributed by atoms with E-state index in [1.807, 2.05) is 48.5 Å². The Balaban J connectivity index is 1.54. The van der Waals surface area contributed by atoms with E-state index in [9.17, 15) is 9.59 Å². The summed E-state index contributed by atoms with van der Waals surface area (Å²) >= 11 is 4.58. The Morgan fingerprint density at radius 2 is 1.94 bits per heavy atom. The fraction of sp³-hybridized carbons (Fsp3) is 0.0833. The SMILES string of the molecule is COc1cccc(C=NNC(=O)CSc2nc3ccccc3c(=O)n2-c2ccc(Br)cc2)c1. The van der Waals surface area contributed by atoms with Crippen molar-refractivity contribution in [1.29, 1.82) is 0 Å². The van der Waals surface area contributed by atoms with Gasteiger partial charge >= 0.3 is 0 Å². The van der Waals surface area contributed by atoms with E-state index < -0.39 is 0 Å². The molecule has 1 heterocycles. The number of methoxy groups -OCH3 is 1. The van der Waals surface area contributed by atoms with Crippen LogP contribution in [0.3, 0.4) is 0 Å². The van der Waals surface area contributed by atoms with Gasteiger partial charge in [0.25, 0.3) is 11.5 Å². The third kappa shape index (κ3) is 5.50. The molecule has 0 spiro atoms. The number of nitrogens with one attached hydrogen (secondary N) is 1. The van der Waals surface area contributed by atoms with E-state index in [0.29, 0.717) is 27.5 Å². The summed E-state index contributed by atoms with van der Waals surface area (Å²) < 4.78 is 7.59. The Bertz CT molecular complexity index is 1390. The lowest BCUT2D eigenvalue weighted by Gasteiger charge is -2.13. The van der Waals surface area contributed by atoms with Crippen LogP contribution in [0.4, 0.5) is 0 Å². The monoisotopic (exact) mass is 522 g/mol. The van der Waals surface area contributed by atoms with Gasteiger partial charge in [0.15, 0.2) is 5.16 Å². The predicted molar refractivity (Wildman–Crippen MR) is 134 cm³/mol. The highest BCUT2D eigenvalue weighted by Gasteiger charge is 2.14. The van der Waals surface area contributed by atoms with Crippen molar-refractivity contribution in [2.75, 3.05) is 12.9 Å². The average Bonchev–Trinajstić information content (AvgIpc) is 2.84. The maximum Gasteiger partial charge on any atom is 0.266 e. The largest absolute Gasteiger partial charge is 0.497 e. The highest BCUT2D eigenvalue weighted by atomic mass is 79.9. The minimum atomic E-state index is -0.316. The number of benzene rings is 3. The van der Waals surface area contributed by atoms with E-state index in [2.05, 4.69) is 31.4 Å². The molecule has 3 aromatic carbocycles. The Kier molecular flexibility index (Phi) is 7.21. The molecule has 166 valence electrons. The Morgan fingerprint density at radius 3 is 2.73 bits per heavy atom. The van der Waals surface area contributed by atoms with Gasteiger partial charge in [0.2, 0.25) is 0 Å². The van der Waals surface area contributed by atoms with Gasteiger partial charge in [0.05, 0.1) is 35.7 Å². The first-order chi connectivity index (χ1) is 16.0. The maximum atomic E-state index is 13.2. The molecule has 33 heavy (non-hydrogen) atoms. The normalized spacial score (nSPS) is 11.1. The number of halogens is 1. The van der Waals surface area contributed by atoms with Gasteiger partial charge in [-0.05, 0) is 54.1 Å². The molecule has 1 amide bonds. The summed E-state index contributed by atoms with van der Waals surface area (Å²) in [5.74, 6) is 0.426. The molecule has 4 aromatic rings. The molecule has 0 aliphatic carbocycles. The van der Waals surface area contributed by atoms with Gasteiger partial charge in [-0.15, -0.1) is 0 Å². The molecule has 0 fully saturated rings. The zero-order valence-corrected chi connectivity index (χ0v) is 20.0. The first-order valence-corrected chi connectivity index (χ1v) is 11.7. The number of hydrogen-bond acceptors (Lipinski definition) is 6. The second kappa shape index (κ2) is 10.5. The summed E-state index contributed by atoms with van der Waals surface area (Å²) in [4.78, 5) is 30.2. The quantitative estimate of drug-likeness (QED) is 0.168. The molecule has 0 saturated heterocycles. The highest BCUT2D eigenvalue weighted by molar-refractivity contribution is 9.10. The van der Waals surface area contributed by atoms with Crippen molar-refractivity contribution >= 4 is 50.7 Å². The van der Waals surface area contributed by atoms with E-state index in [1.165, 1.54) is 22.5 Å². The van der Waals surface area contributed by atoms with Crippen molar-refractivity contribution in [3.05, 3.63) is 93.2 Å². The number of hydrogen-bond donors (Lipinski definition) is 1. The van der Waals surface area contributed by atoms with Crippen molar-refractivity contribution in [2.24, 2.45) is 5.10 Å². The number of nitrogens with zero attached hydrogens (tertiary/aromatic N) is 3. The zero-order valence-electron chi connectivity index (χ0n) is 17.6. The van der Waals surface area contributed by atoms with Crippen LogP contribution in [0.15, 0.2) is 92.3 Å². The molecular formula is C24H19BrN4O3S. The van der Waals surface area contributed by atoms with Gasteiger partial charge in [-0.2, -0.15) is 5.10 Å². The molecule has 0 radical (unpaired) electrons. The molecule has 0 atom stereocenters. The number of hydrazone groups is 1. The van der Waals surface area contributed by atoms with Gasteiger partial charge in [0, 0.05) is 4.47 Å². The fourth-order valence-electron chi connectivity index (χ4n) is 3.09. The maximum absolute atomic E-state index is 13.2. The fourth-order valence-corrected chi connectivity index (χ4v) is 4.16. The van der Waals surface area contributed by atoms with Crippen molar-refractivity contribution in [2.45, 2.75) is 5.16 Å². The lowest BCUT2D eigenvalue weighted by atomic mass is 10.2. The molecule has 0 unspecified atom stereocenters. The summed E-state index contributed by atoms with van der Waals surface area (Å²) in [5, 5.41) is 4.93. The van der Waals surface area contributed by atoms with E-state index in [-0.39, 0.29) is 17.2 Å². The summed E-state index contributed by atoms with van der Waals surface area (Å²) in [6.45, 7) is 0. The number of aromatic nitrogens is 2. The second-order valence-electron chi connectivity index (χ2n) is 6.89. The number of carbonyl (C=O) groups is 1. The first-order valence-electron chi connectivity index (χ1n) is 9.91. The smallest absolute Gasteiger partial charge is 0.266 e. The number of thioether (sulfide) groups is 1. The van der Waals surface area contributed by atoms with Crippen molar-refractivity contribution < 1.29 is 9.53 Å². The zero-order chi connectivity index (χ0) is 23.2. The van der Waals surface area contributed by atoms with Crippen molar-refractivity contribution in [3.63, 3.8) is 0 Å². The Morgan fingerprint density at radius 1 is 1.15 bits per heavy atom. The van der Waals surface area contributed by atoms with Crippen LogP contribution >= 0.6 is 27.7 Å². The molecule has 0 bridgehead atoms. The van der Waals surface area contributed by atoms with E-state index in [4.69, 9.17) is 4.74 Å². The minimum absolute atomic E-state index is 0.0385.